The van der Waals surface area contributed by atoms with Gasteiger partial charge >= 0.3 is 0 Å². The van der Waals surface area contributed by atoms with Gasteiger partial charge < -0.3 is 19.5 Å². The number of nitrogens with one attached hydrogen (secondary N) is 1. The van der Waals surface area contributed by atoms with E-state index in [-0.39, 0.29) is 12.5 Å². The number of methoxy groups -OCH3 is 1. The standard InChI is InChI=1S/C15H19N3O5S/c1-21-12-7-11(8-13-15(12)23-10-22-13)9-16-14-3-4-18(17-14)5-6-24(2,19)20/h3-4,7-8H,5-6,9-10H2,1-2H3,(H,16,17). The van der Waals surface area contributed by atoms with Gasteiger partial charge in [-0.2, -0.15) is 5.10 Å². The van der Waals surface area contributed by atoms with Crippen LogP contribution in [-0.2, 0) is 22.9 Å². The van der Waals surface area contributed by atoms with Gasteiger partial charge in [0.25, 0.3) is 0 Å². The second-order valence-electron chi connectivity index (χ2n) is 5.48. The van der Waals surface area contributed by atoms with Gasteiger partial charge in [0.2, 0.25) is 12.5 Å². The highest BCUT2D eigenvalue weighted by atomic mass is 32.2. The van der Waals surface area contributed by atoms with E-state index in [1.165, 1.54) is 6.26 Å². The Morgan fingerprint density at radius 1 is 1.38 bits per heavy atom. The third kappa shape index (κ3) is 3.91. The van der Waals surface area contributed by atoms with Crippen LogP contribution in [-0.4, -0.2) is 44.1 Å². The molecule has 1 N–H and O–H groups in total. The highest BCUT2D eigenvalue weighted by molar-refractivity contribution is 7.90. The normalized spacial score (nSPS) is 13.1. The number of sulfone groups is 1. The molecule has 0 spiro atoms. The van der Waals surface area contributed by atoms with E-state index < -0.39 is 9.84 Å². The summed E-state index contributed by atoms with van der Waals surface area (Å²) < 4.78 is 40.0. The first-order chi connectivity index (χ1) is 11.4. The fraction of sp³-hybridized carbons (Fsp3) is 0.400. The molecule has 1 aromatic carbocycles. The quantitative estimate of drug-likeness (QED) is 0.801. The molecule has 1 aliphatic heterocycles. The fourth-order valence-corrected chi connectivity index (χ4v) is 2.84. The summed E-state index contributed by atoms with van der Waals surface area (Å²) in [6.07, 6.45) is 2.95. The van der Waals surface area contributed by atoms with Crippen molar-refractivity contribution in [1.82, 2.24) is 9.78 Å². The average molecular weight is 353 g/mol. The van der Waals surface area contributed by atoms with E-state index in [2.05, 4.69) is 10.4 Å². The van der Waals surface area contributed by atoms with Crippen molar-refractivity contribution in [3.05, 3.63) is 30.0 Å². The summed E-state index contributed by atoms with van der Waals surface area (Å²) in [5.74, 6) is 2.63. The Balaban J connectivity index is 1.63. The van der Waals surface area contributed by atoms with Crippen molar-refractivity contribution >= 4 is 15.7 Å². The number of hydrogen-bond acceptors (Lipinski definition) is 7. The van der Waals surface area contributed by atoms with Gasteiger partial charge in [-0.25, -0.2) is 8.42 Å². The molecule has 0 aliphatic carbocycles. The Labute approximate surface area is 140 Å². The monoisotopic (exact) mass is 353 g/mol. The number of aryl methyl sites for hydroxylation is 1. The van der Waals surface area contributed by atoms with E-state index >= 15 is 0 Å². The van der Waals surface area contributed by atoms with Crippen LogP contribution in [0.1, 0.15) is 5.56 Å². The Bertz CT molecular complexity index is 832. The minimum absolute atomic E-state index is 0.0630. The van der Waals surface area contributed by atoms with Gasteiger partial charge in [-0.15, -0.1) is 0 Å². The molecule has 0 radical (unpaired) electrons. The Morgan fingerprint density at radius 2 is 2.21 bits per heavy atom. The zero-order valence-electron chi connectivity index (χ0n) is 13.5. The molecule has 0 amide bonds. The maximum atomic E-state index is 11.2. The fourth-order valence-electron chi connectivity index (χ4n) is 2.32. The van der Waals surface area contributed by atoms with E-state index in [1.807, 2.05) is 12.1 Å². The summed E-state index contributed by atoms with van der Waals surface area (Å²) >= 11 is 0. The van der Waals surface area contributed by atoms with Crippen molar-refractivity contribution in [2.75, 3.05) is 31.2 Å². The molecule has 1 aromatic heterocycles. The Hall–Kier alpha value is -2.42. The van der Waals surface area contributed by atoms with Gasteiger partial charge in [0.1, 0.15) is 15.7 Å². The van der Waals surface area contributed by atoms with Crippen LogP contribution in [0.25, 0.3) is 0 Å². The molecule has 9 heteroatoms. The van der Waals surface area contributed by atoms with Crippen molar-refractivity contribution in [3.63, 3.8) is 0 Å². The van der Waals surface area contributed by atoms with Crippen molar-refractivity contribution in [1.29, 1.82) is 0 Å². The van der Waals surface area contributed by atoms with Crippen LogP contribution in [0.3, 0.4) is 0 Å². The summed E-state index contributed by atoms with van der Waals surface area (Å²) in [4.78, 5) is 0. The van der Waals surface area contributed by atoms with E-state index in [1.54, 1.807) is 24.1 Å². The largest absolute Gasteiger partial charge is 0.493 e. The molecule has 0 fully saturated rings. The van der Waals surface area contributed by atoms with Crippen LogP contribution in [0.15, 0.2) is 24.4 Å². The lowest BCUT2D eigenvalue weighted by molar-refractivity contribution is 0.171. The molecule has 1 aliphatic rings. The summed E-state index contributed by atoms with van der Waals surface area (Å²) in [5.41, 5.74) is 0.960. The lowest BCUT2D eigenvalue weighted by Crippen LogP contribution is -2.11. The molecule has 8 nitrogen and oxygen atoms in total. The van der Waals surface area contributed by atoms with Gasteiger partial charge in [0, 0.05) is 25.1 Å². The molecule has 2 heterocycles. The maximum Gasteiger partial charge on any atom is 0.231 e. The first-order valence-corrected chi connectivity index (χ1v) is 9.42. The number of nitrogens with zero attached hydrogens (tertiary/aromatic N) is 2. The maximum absolute atomic E-state index is 11.2. The molecule has 0 unspecified atom stereocenters. The smallest absolute Gasteiger partial charge is 0.231 e. The highest BCUT2D eigenvalue weighted by Gasteiger charge is 2.20. The average Bonchev–Trinajstić information content (AvgIpc) is 3.18. The molecule has 0 bridgehead atoms. The highest BCUT2D eigenvalue weighted by Crippen LogP contribution is 2.41. The van der Waals surface area contributed by atoms with Crippen molar-refractivity contribution in [2.24, 2.45) is 0 Å². The first-order valence-electron chi connectivity index (χ1n) is 7.36. The second-order valence-corrected chi connectivity index (χ2v) is 7.74. The third-order valence-corrected chi connectivity index (χ3v) is 4.45. The van der Waals surface area contributed by atoms with Gasteiger partial charge in [-0.05, 0) is 17.7 Å². The zero-order chi connectivity index (χ0) is 17.2. The van der Waals surface area contributed by atoms with Crippen molar-refractivity contribution in [3.8, 4) is 17.2 Å². The van der Waals surface area contributed by atoms with E-state index in [9.17, 15) is 8.42 Å². The first kappa shape index (κ1) is 16.4. The van der Waals surface area contributed by atoms with Crippen LogP contribution in [0.5, 0.6) is 17.2 Å². The van der Waals surface area contributed by atoms with E-state index in [0.717, 1.165) is 5.56 Å². The molecule has 0 saturated heterocycles. The number of anilines is 1. The lowest BCUT2D eigenvalue weighted by Gasteiger charge is -2.09. The van der Waals surface area contributed by atoms with Crippen LogP contribution in [0, 0.1) is 0 Å². The summed E-state index contributed by atoms with van der Waals surface area (Å²) in [5, 5.41) is 7.49. The number of ether oxygens (including phenoxy) is 3. The number of rotatable bonds is 7. The van der Waals surface area contributed by atoms with Crippen LogP contribution in [0.4, 0.5) is 5.82 Å². The predicted molar refractivity (Wildman–Crippen MR) is 88.4 cm³/mol. The van der Waals surface area contributed by atoms with Crippen LogP contribution < -0.4 is 19.5 Å². The molecule has 2 aromatic rings. The number of fused-ring (bicyclic) bond motifs is 1. The van der Waals surface area contributed by atoms with Gasteiger partial charge in [-0.3, -0.25) is 4.68 Å². The summed E-state index contributed by atoms with van der Waals surface area (Å²) in [6.45, 7) is 1.04. The summed E-state index contributed by atoms with van der Waals surface area (Å²) in [7, 11) is -1.42. The molecular formula is C15H19N3O5S. The zero-order valence-corrected chi connectivity index (χ0v) is 14.3. The molecule has 0 atom stereocenters. The molecule has 24 heavy (non-hydrogen) atoms. The number of hydrogen-bond donors (Lipinski definition) is 1. The molecular weight excluding hydrogens is 334 g/mol. The van der Waals surface area contributed by atoms with E-state index in [0.29, 0.717) is 36.2 Å². The number of aromatic nitrogens is 2. The molecule has 130 valence electrons. The van der Waals surface area contributed by atoms with Crippen LogP contribution in [0.2, 0.25) is 0 Å². The lowest BCUT2D eigenvalue weighted by atomic mass is 10.2. The SMILES string of the molecule is COc1cc(CNc2ccn(CCS(C)(=O)=O)n2)cc2c1OCO2. The van der Waals surface area contributed by atoms with Gasteiger partial charge in [0.05, 0.1) is 19.4 Å². The minimum atomic E-state index is -3.00. The summed E-state index contributed by atoms with van der Waals surface area (Å²) in [6, 6.07) is 5.56. The van der Waals surface area contributed by atoms with Crippen LogP contribution >= 0.6 is 0 Å². The molecule has 3 rings (SSSR count). The van der Waals surface area contributed by atoms with Gasteiger partial charge in [0.15, 0.2) is 11.5 Å². The Morgan fingerprint density at radius 3 is 2.96 bits per heavy atom. The number of benzene rings is 1. The Kier molecular flexibility index (Phi) is 4.52. The third-order valence-electron chi connectivity index (χ3n) is 3.52. The minimum Gasteiger partial charge on any atom is -0.493 e. The van der Waals surface area contributed by atoms with Gasteiger partial charge in [-0.1, -0.05) is 0 Å². The predicted octanol–water partition coefficient (Wildman–Crippen LogP) is 1.28. The second kappa shape index (κ2) is 6.60. The topological polar surface area (TPSA) is 91.7 Å². The van der Waals surface area contributed by atoms with Crippen molar-refractivity contribution in [2.45, 2.75) is 13.1 Å². The molecule has 0 saturated carbocycles. The van der Waals surface area contributed by atoms with Crippen molar-refractivity contribution < 1.29 is 22.6 Å². The van der Waals surface area contributed by atoms with E-state index in [4.69, 9.17) is 14.2 Å².